The third kappa shape index (κ3) is 2.89. The van der Waals surface area contributed by atoms with Crippen LogP contribution in [-0.4, -0.2) is 22.4 Å². The lowest BCUT2D eigenvalue weighted by molar-refractivity contribution is -0.120. The van der Waals surface area contributed by atoms with E-state index in [4.69, 9.17) is 4.74 Å². The van der Waals surface area contributed by atoms with E-state index in [9.17, 15) is 5.11 Å². The molecule has 5 atom stereocenters. The van der Waals surface area contributed by atoms with Gasteiger partial charge in [0, 0.05) is 0 Å². The SMILES string of the molecule is C/C1=C\C[C@@H]2CC[C@](C)(O)[C@@H](CC[C@]3(C)O[C@H]3CC1)C2(C)C. The van der Waals surface area contributed by atoms with Gasteiger partial charge in [-0.1, -0.05) is 25.5 Å². The third-order valence-electron chi connectivity index (χ3n) is 7.22. The highest BCUT2D eigenvalue weighted by Gasteiger charge is 2.55. The molecule has 0 aromatic rings. The highest BCUT2D eigenvalue weighted by molar-refractivity contribution is 5.09. The van der Waals surface area contributed by atoms with E-state index < -0.39 is 5.60 Å². The Morgan fingerprint density at radius 1 is 1.09 bits per heavy atom. The quantitative estimate of drug-likeness (QED) is 0.512. The summed E-state index contributed by atoms with van der Waals surface area (Å²) < 4.78 is 6.03. The smallest absolute Gasteiger partial charge is 0.0920 e. The molecule has 0 amide bonds. The van der Waals surface area contributed by atoms with Gasteiger partial charge in [-0.25, -0.2) is 0 Å². The summed E-state index contributed by atoms with van der Waals surface area (Å²) in [6.07, 6.45) is 10.7. The Morgan fingerprint density at radius 3 is 2.55 bits per heavy atom. The molecular formula is C20H34O2. The van der Waals surface area contributed by atoms with Crippen molar-refractivity contribution in [2.75, 3.05) is 0 Å². The fraction of sp³-hybridized carbons (Fsp3) is 0.900. The van der Waals surface area contributed by atoms with Gasteiger partial charge >= 0.3 is 0 Å². The Bertz CT molecular complexity index is 462. The molecule has 3 rings (SSSR count). The summed E-state index contributed by atoms with van der Waals surface area (Å²) in [6.45, 7) is 11.4. The maximum absolute atomic E-state index is 11.0. The number of allylic oxidation sites excluding steroid dienone is 2. The van der Waals surface area contributed by atoms with Crippen molar-refractivity contribution in [3.8, 4) is 0 Å². The van der Waals surface area contributed by atoms with Crippen LogP contribution in [0, 0.1) is 17.3 Å². The first-order valence-corrected chi connectivity index (χ1v) is 9.21. The maximum Gasteiger partial charge on any atom is 0.0920 e. The van der Waals surface area contributed by atoms with Gasteiger partial charge in [0.15, 0.2) is 0 Å². The first kappa shape index (κ1) is 16.5. The molecule has 0 spiro atoms. The molecular weight excluding hydrogens is 272 g/mol. The van der Waals surface area contributed by atoms with Crippen LogP contribution in [0.25, 0.3) is 0 Å². The molecule has 1 saturated heterocycles. The number of epoxide rings is 1. The average Bonchev–Trinajstić information content (AvgIpc) is 3.04. The molecule has 1 aliphatic heterocycles. The van der Waals surface area contributed by atoms with Crippen molar-refractivity contribution in [2.24, 2.45) is 17.3 Å². The zero-order chi connectivity index (χ0) is 16.2. The van der Waals surface area contributed by atoms with Crippen molar-refractivity contribution in [3.63, 3.8) is 0 Å². The van der Waals surface area contributed by atoms with Gasteiger partial charge < -0.3 is 9.84 Å². The highest BCUT2D eigenvalue weighted by atomic mass is 16.6. The van der Waals surface area contributed by atoms with Gasteiger partial charge in [-0.2, -0.15) is 0 Å². The number of hydrogen-bond acceptors (Lipinski definition) is 2. The van der Waals surface area contributed by atoms with Gasteiger partial charge in [0.25, 0.3) is 0 Å². The van der Waals surface area contributed by atoms with Crippen LogP contribution in [0.15, 0.2) is 11.6 Å². The second-order valence-electron chi connectivity index (χ2n) is 9.25. The van der Waals surface area contributed by atoms with Gasteiger partial charge in [0.2, 0.25) is 0 Å². The largest absolute Gasteiger partial charge is 0.390 e. The fourth-order valence-electron chi connectivity index (χ4n) is 5.31. The fourth-order valence-corrected chi connectivity index (χ4v) is 5.31. The van der Waals surface area contributed by atoms with E-state index in [-0.39, 0.29) is 11.0 Å². The zero-order valence-electron chi connectivity index (χ0n) is 15.1. The van der Waals surface area contributed by atoms with Crippen LogP contribution in [0.2, 0.25) is 0 Å². The standard InChI is InChI=1S/C20H34O2/c1-14-6-8-15-10-12-19(4,21)16(18(15,2)3)11-13-20(5)17(22-20)9-7-14/h6,15-17,21H,7-13H2,1-5H3/b14-6+/t15-,16+,17+,19+,20+/m1/s1. The number of fused-ring (bicyclic) bond motifs is 3. The van der Waals surface area contributed by atoms with Crippen molar-refractivity contribution < 1.29 is 9.84 Å². The van der Waals surface area contributed by atoms with E-state index in [0.717, 1.165) is 32.1 Å². The average molecular weight is 306 g/mol. The van der Waals surface area contributed by atoms with Crippen molar-refractivity contribution in [1.29, 1.82) is 0 Å². The van der Waals surface area contributed by atoms with Crippen LogP contribution in [0.4, 0.5) is 0 Å². The van der Waals surface area contributed by atoms with E-state index in [2.05, 4.69) is 40.7 Å². The molecule has 1 N–H and O–H groups in total. The topological polar surface area (TPSA) is 32.8 Å². The number of aliphatic hydroxyl groups is 1. The van der Waals surface area contributed by atoms with Gasteiger partial charge in [-0.05, 0) is 83.0 Å². The normalized spacial score (nSPS) is 50.8. The van der Waals surface area contributed by atoms with E-state index >= 15 is 0 Å². The van der Waals surface area contributed by atoms with Crippen molar-refractivity contribution in [3.05, 3.63) is 11.6 Å². The Balaban J connectivity index is 1.88. The predicted octanol–water partition coefficient (Wildman–Crippen LogP) is 4.86. The lowest BCUT2D eigenvalue weighted by Crippen LogP contribution is -2.51. The van der Waals surface area contributed by atoms with E-state index in [0.29, 0.717) is 17.9 Å². The van der Waals surface area contributed by atoms with Gasteiger partial charge in [-0.15, -0.1) is 0 Å². The van der Waals surface area contributed by atoms with Gasteiger partial charge in [0.05, 0.1) is 17.3 Å². The first-order valence-electron chi connectivity index (χ1n) is 9.21. The summed E-state index contributed by atoms with van der Waals surface area (Å²) in [4.78, 5) is 0. The minimum atomic E-state index is -0.524. The highest BCUT2D eigenvalue weighted by Crippen LogP contribution is 2.55. The predicted molar refractivity (Wildman–Crippen MR) is 90.7 cm³/mol. The van der Waals surface area contributed by atoms with Crippen molar-refractivity contribution >= 4 is 0 Å². The molecule has 0 unspecified atom stereocenters. The zero-order valence-corrected chi connectivity index (χ0v) is 15.1. The first-order chi connectivity index (χ1) is 10.2. The summed E-state index contributed by atoms with van der Waals surface area (Å²) in [5.74, 6) is 1.06. The van der Waals surface area contributed by atoms with Crippen molar-refractivity contribution in [2.45, 2.75) is 96.9 Å². The lowest BCUT2D eigenvalue weighted by atomic mass is 9.54. The summed E-state index contributed by atoms with van der Waals surface area (Å²) >= 11 is 0. The summed E-state index contributed by atoms with van der Waals surface area (Å²) in [7, 11) is 0. The third-order valence-corrected chi connectivity index (χ3v) is 7.22. The molecule has 2 bridgehead atoms. The molecule has 22 heavy (non-hydrogen) atoms. The Kier molecular flexibility index (Phi) is 4.01. The Hall–Kier alpha value is -0.340. The molecule has 2 aliphatic carbocycles. The molecule has 2 fully saturated rings. The van der Waals surface area contributed by atoms with Crippen LogP contribution in [0.3, 0.4) is 0 Å². The lowest BCUT2D eigenvalue weighted by Gasteiger charge is -2.53. The molecule has 2 nitrogen and oxygen atoms in total. The maximum atomic E-state index is 11.0. The number of ether oxygens (including phenoxy) is 1. The Morgan fingerprint density at radius 2 is 1.82 bits per heavy atom. The van der Waals surface area contributed by atoms with Gasteiger partial charge in [-0.3, -0.25) is 0 Å². The monoisotopic (exact) mass is 306 g/mol. The Labute approximate surface area is 136 Å². The van der Waals surface area contributed by atoms with Crippen molar-refractivity contribution in [1.82, 2.24) is 0 Å². The van der Waals surface area contributed by atoms with Crippen LogP contribution >= 0.6 is 0 Å². The van der Waals surface area contributed by atoms with E-state index in [1.807, 2.05) is 0 Å². The second kappa shape index (κ2) is 5.34. The van der Waals surface area contributed by atoms with Crippen LogP contribution in [-0.2, 0) is 4.74 Å². The van der Waals surface area contributed by atoms with Crippen LogP contribution in [0.5, 0.6) is 0 Å². The van der Waals surface area contributed by atoms with E-state index in [1.165, 1.54) is 18.4 Å². The minimum Gasteiger partial charge on any atom is -0.390 e. The van der Waals surface area contributed by atoms with Crippen LogP contribution < -0.4 is 0 Å². The molecule has 3 aliphatic rings. The summed E-state index contributed by atoms with van der Waals surface area (Å²) in [5, 5.41) is 11.0. The van der Waals surface area contributed by atoms with Gasteiger partial charge in [0.1, 0.15) is 0 Å². The molecule has 2 heteroatoms. The summed E-state index contributed by atoms with van der Waals surface area (Å²) in [6, 6.07) is 0. The molecule has 126 valence electrons. The summed E-state index contributed by atoms with van der Waals surface area (Å²) in [5.41, 5.74) is 1.25. The number of rotatable bonds is 0. The minimum absolute atomic E-state index is 0.0680. The molecule has 0 radical (unpaired) electrons. The molecule has 0 aromatic carbocycles. The van der Waals surface area contributed by atoms with E-state index in [1.54, 1.807) is 0 Å². The second-order valence-corrected chi connectivity index (χ2v) is 9.25. The molecule has 0 aromatic heterocycles. The molecule has 1 saturated carbocycles. The van der Waals surface area contributed by atoms with Crippen LogP contribution in [0.1, 0.15) is 79.6 Å². The molecule has 1 heterocycles. The number of hydrogen-bond donors (Lipinski definition) is 1.